The van der Waals surface area contributed by atoms with Crippen LogP contribution in [0.4, 0.5) is 0 Å². The maximum atomic E-state index is 11.2. The van der Waals surface area contributed by atoms with Crippen molar-refractivity contribution in [3.8, 4) is 0 Å². The lowest BCUT2D eigenvalue weighted by atomic mass is 10.1. The first-order valence-electron chi connectivity index (χ1n) is 6.32. The van der Waals surface area contributed by atoms with Crippen molar-refractivity contribution in [1.29, 1.82) is 0 Å². The molecule has 0 N–H and O–H groups in total. The maximum absolute atomic E-state index is 11.2. The van der Waals surface area contributed by atoms with Gasteiger partial charge >= 0.3 is 5.97 Å². The SMILES string of the molecule is C=CCOC(=O)C(=C)OCCCCCCCC. The van der Waals surface area contributed by atoms with Crippen molar-refractivity contribution in [2.45, 2.75) is 45.4 Å². The van der Waals surface area contributed by atoms with E-state index in [1.807, 2.05) is 0 Å². The molecule has 0 radical (unpaired) electrons. The van der Waals surface area contributed by atoms with E-state index in [0.29, 0.717) is 6.61 Å². The molecule has 0 aliphatic rings. The number of hydrogen-bond acceptors (Lipinski definition) is 3. The molecule has 0 fully saturated rings. The molecule has 0 atom stereocenters. The molecule has 0 rings (SSSR count). The highest BCUT2D eigenvalue weighted by molar-refractivity contribution is 5.85. The molecule has 0 aromatic carbocycles. The molecule has 0 aliphatic carbocycles. The van der Waals surface area contributed by atoms with Gasteiger partial charge in [-0.05, 0) is 13.0 Å². The van der Waals surface area contributed by atoms with Gasteiger partial charge in [-0.1, -0.05) is 51.7 Å². The zero-order chi connectivity index (χ0) is 12.9. The van der Waals surface area contributed by atoms with Crippen molar-refractivity contribution in [3.05, 3.63) is 25.0 Å². The number of ether oxygens (including phenoxy) is 2. The lowest BCUT2D eigenvalue weighted by Gasteiger charge is -2.07. The summed E-state index contributed by atoms with van der Waals surface area (Å²) in [5.41, 5.74) is 0. The van der Waals surface area contributed by atoms with E-state index in [0.717, 1.165) is 12.8 Å². The van der Waals surface area contributed by atoms with Gasteiger partial charge in [0.15, 0.2) is 5.76 Å². The Morgan fingerprint density at radius 1 is 1.12 bits per heavy atom. The van der Waals surface area contributed by atoms with Crippen LogP contribution in [0.2, 0.25) is 0 Å². The molecule has 0 saturated heterocycles. The fourth-order valence-electron chi connectivity index (χ4n) is 1.35. The first-order chi connectivity index (χ1) is 8.22. The van der Waals surface area contributed by atoms with Crippen LogP contribution in [0.15, 0.2) is 25.0 Å². The summed E-state index contributed by atoms with van der Waals surface area (Å²) in [6.45, 7) is 9.90. The molecule has 17 heavy (non-hydrogen) atoms. The van der Waals surface area contributed by atoms with Crippen molar-refractivity contribution in [2.24, 2.45) is 0 Å². The monoisotopic (exact) mass is 240 g/mol. The van der Waals surface area contributed by atoms with Crippen molar-refractivity contribution in [1.82, 2.24) is 0 Å². The summed E-state index contributed by atoms with van der Waals surface area (Å²) < 4.78 is 9.99. The minimum absolute atomic E-state index is 0.0837. The Labute approximate surface area is 104 Å². The second-order valence-electron chi connectivity index (χ2n) is 3.93. The van der Waals surface area contributed by atoms with Gasteiger partial charge in [-0.15, -0.1) is 0 Å². The van der Waals surface area contributed by atoms with Gasteiger partial charge in [-0.2, -0.15) is 0 Å². The van der Waals surface area contributed by atoms with Crippen LogP contribution in [0.3, 0.4) is 0 Å². The molecule has 0 aromatic rings. The van der Waals surface area contributed by atoms with E-state index >= 15 is 0 Å². The molecule has 0 bridgehead atoms. The predicted octanol–water partition coefficient (Wildman–Crippen LogP) is 3.61. The van der Waals surface area contributed by atoms with E-state index < -0.39 is 5.97 Å². The minimum atomic E-state index is -0.504. The van der Waals surface area contributed by atoms with Crippen LogP contribution in [0, 0.1) is 0 Å². The molecule has 0 aliphatic heterocycles. The smallest absolute Gasteiger partial charge is 0.373 e. The van der Waals surface area contributed by atoms with E-state index in [2.05, 4.69) is 20.1 Å². The van der Waals surface area contributed by atoms with Crippen LogP contribution in [0.5, 0.6) is 0 Å². The standard InChI is InChI=1S/C14H24O3/c1-4-6-7-8-9-10-12-16-13(3)14(15)17-11-5-2/h5H,2-4,6-12H2,1H3. The van der Waals surface area contributed by atoms with Gasteiger partial charge in [-0.3, -0.25) is 0 Å². The highest BCUT2D eigenvalue weighted by atomic mass is 16.6. The summed E-state index contributed by atoms with van der Waals surface area (Å²) in [5.74, 6) is -0.420. The molecule has 0 heterocycles. The third kappa shape index (κ3) is 9.67. The van der Waals surface area contributed by atoms with Gasteiger partial charge in [0, 0.05) is 0 Å². The van der Waals surface area contributed by atoms with Crippen LogP contribution in [-0.2, 0) is 14.3 Å². The number of unbranched alkanes of at least 4 members (excludes halogenated alkanes) is 5. The zero-order valence-corrected chi connectivity index (χ0v) is 10.9. The van der Waals surface area contributed by atoms with Gasteiger partial charge in [0.1, 0.15) is 6.61 Å². The highest BCUT2D eigenvalue weighted by Crippen LogP contribution is 2.06. The van der Waals surface area contributed by atoms with Gasteiger partial charge in [0.2, 0.25) is 0 Å². The van der Waals surface area contributed by atoms with E-state index in [1.165, 1.54) is 31.8 Å². The Morgan fingerprint density at radius 3 is 2.41 bits per heavy atom. The quantitative estimate of drug-likeness (QED) is 0.182. The molecular weight excluding hydrogens is 216 g/mol. The zero-order valence-electron chi connectivity index (χ0n) is 10.9. The van der Waals surface area contributed by atoms with Gasteiger partial charge in [-0.25, -0.2) is 4.79 Å². The van der Waals surface area contributed by atoms with Crippen LogP contribution in [0.1, 0.15) is 45.4 Å². The van der Waals surface area contributed by atoms with E-state index in [4.69, 9.17) is 9.47 Å². The Kier molecular flexibility index (Phi) is 10.4. The summed E-state index contributed by atoms with van der Waals surface area (Å²) in [4.78, 5) is 11.2. The van der Waals surface area contributed by atoms with Crippen LogP contribution in [-0.4, -0.2) is 19.2 Å². The van der Waals surface area contributed by atoms with Gasteiger partial charge in [0.05, 0.1) is 6.61 Å². The molecule has 0 spiro atoms. The predicted molar refractivity (Wildman–Crippen MR) is 69.6 cm³/mol. The fraction of sp³-hybridized carbons (Fsp3) is 0.643. The number of esters is 1. The first-order valence-corrected chi connectivity index (χ1v) is 6.32. The van der Waals surface area contributed by atoms with Gasteiger partial charge in [0.25, 0.3) is 0 Å². The summed E-state index contributed by atoms with van der Waals surface area (Å²) in [5, 5.41) is 0. The topological polar surface area (TPSA) is 35.5 Å². The second-order valence-corrected chi connectivity index (χ2v) is 3.93. The molecule has 0 amide bonds. The van der Waals surface area contributed by atoms with E-state index in [-0.39, 0.29) is 12.4 Å². The third-order valence-corrected chi connectivity index (χ3v) is 2.33. The Bertz CT molecular complexity index is 234. The lowest BCUT2D eigenvalue weighted by Crippen LogP contribution is -2.10. The molecule has 0 aromatic heterocycles. The average molecular weight is 240 g/mol. The maximum Gasteiger partial charge on any atom is 0.373 e. The highest BCUT2D eigenvalue weighted by Gasteiger charge is 2.08. The molecule has 3 nitrogen and oxygen atoms in total. The number of carbonyl (C=O) groups is 1. The van der Waals surface area contributed by atoms with Crippen LogP contribution < -0.4 is 0 Å². The fourth-order valence-corrected chi connectivity index (χ4v) is 1.35. The molecule has 98 valence electrons. The van der Waals surface area contributed by atoms with Crippen LogP contribution >= 0.6 is 0 Å². The second kappa shape index (κ2) is 11.2. The van der Waals surface area contributed by atoms with Crippen molar-refractivity contribution in [3.63, 3.8) is 0 Å². The first kappa shape index (κ1) is 15.8. The van der Waals surface area contributed by atoms with Crippen molar-refractivity contribution < 1.29 is 14.3 Å². The largest absolute Gasteiger partial charge is 0.487 e. The molecule has 0 unspecified atom stereocenters. The lowest BCUT2D eigenvalue weighted by molar-refractivity contribution is -0.141. The normalized spacial score (nSPS) is 9.71. The summed E-state index contributed by atoms with van der Waals surface area (Å²) >= 11 is 0. The van der Waals surface area contributed by atoms with Crippen LogP contribution in [0.25, 0.3) is 0 Å². The summed E-state index contributed by atoms with van der Waals surface area (Å²) in [7, 11) is 0. The Hall–Kier alpha value is -1.25. The summed E-state index contributed by atoms with van der Waals surface area (Å²) in [6, 6.07) is 0. The summed E-state index contributed by atoms with van der Waals surface area (Å²) in [6.07, 6.45) is 8.65. The van der Waals surface area contributed by atoms with E-state index in [1.54, 1.807) is 0 Å². The van der Waals surface area contributed by atoms with E-state index in [9.17, 15) is 4.79 Å². The molecule has 0 saturated carbocycles. The average Bonchev–Trinajstić information content (AvgIpc) is 2.34. The number of carbonyl (C=O) groups excluding carboxylic acids is 1. The van der Waals surface area contributed by atoms with Crippen molar-refractivity contribution >= 4 is 5.97 Å². The Morgan fingerprint density at radius 2 is 1.76 bits per heavy atom. The third-order valence-electron chi connectivity index (χ3n) is 2.33. The number of rotatable bonds is 11. The molecular formula is C14H24O3. The number of hydrogen-bond donors (Lipinski definition) is 0. The van der Waals surface area contributed by atoms with Crippen molar-refractivity contribution in [2.75, 3.05) is 13.2 Å². The molecule has 3 heteroatoms. The Balaban J connectivity index is 3.38. The minimum Gasteiger partial charge on any atom is -0.487 e. The van der Waals surface area contributed by atoms with Gasteiger partial charge < -0.3 is 9.47 Å².